The molecule has 10 heteroatoms. The zero-order valence-corrected chi connectivity index (χ0v) is 21.3. The number of nitrogens with one attached hydrogen (secondary N) is 2. The Balaban J connectivity index is 1.21. The number of ether oxygens (including phenoxy) is 1. The van der Waals surface area contributed by atoms with Crippen LogP contribution in [0, 0.1) is 0 Å². The van der Waals surface area contributed by atoms with E-state index in [2.05, 4.69) is 53.3 Å². The van der Waals surface area contributed by atoms with E-state index in [1.54, 1.807) is 13.4 Å². The summed E-state index contributed by atoms with van der Waals surface area (Å²) in [5.74, 6) is 3.80. The van der Waals surface area contributed by atoms with Gasteiger partial charge in [0.25, 0.3) is 0 Å². The molecule has 0 saturated carbocycles. The lowest BCUT2D eigenvalue weighted by atomic mass is 9.95. The van der Waals surface area contributed by atoms with Crippen LogP contribution in [0.5, 0.6) is 5.75 Å². The number of nitrogens with zero attached hydrogens (tertiary/aromatic N) is 6. The second kappa shape index (κ2) is 10.4. The Morgan fingerprint density at radius 2 is 1.81 bits per heavy atom. The van der Waals surface area contributed by atoms with Crippen molar-refractivity contribution in [2.24, 2.45) is 0 Å². The molecule has 1 amide bonds. The van der Waals surface area contributed by atoms with Crippen LogP contribution in [0.15, 0.2) is 36.8 Å². The van der Waals surface area contributed by atoms with E-state index in [0.717, 1.165) is 61.8 Å². The molecule has 0 spiro atoms. The molecule has 2 N–H and O–H groups in total. The molecular formula is C27H34N8O2. The van der Waals surface area contributed by atoms with Gasteiger partial charge in [0.05, 0.1) is 19.3 Å². The summed E-state index contributed by atoms with van der Waals surface area (Å²) in [7, 11) is 1.69. The highest BCUT2D eigenvalue weighted by molar-refractivity contribution is 6.02. The van der Waals surface area contributed by atoms with Gasteiger partial charge < -0.3 is 29.7 Å². The van der Waals surface area contributed by atoms with Crippen molar-refractivity contribution in [1.29, 1.82) is 0 Å². The molecule has 0 radical (unpaired) electrons. The Morgan fingerprint density at radius 1 is 1.03 bits per heavy atom. The summed E-state index contributed by atoms with van der Waals surface area (Å²) in [6, 6.07) is 8.15. The fourth-order valence-electron chi connectivity index (χ4n) is 5.65. The van der Waals surface area contributed by atoms with E-state index in [1.807, 2.05) is 12.1 Å². The first kappa shape index (κ1) is 23.7. The van der Waals surface area contributed by atoms with E-state index < -0.39 is 0 Å². The van der Waals surface area contributed by atoms with Crippen molar-refractivity contribution in [3.63, 3.8) is 0 Å². The predicted octanol–water partition coefficient (Wildman–Crippen LogP) is 3.19. The number of carbonyl (C=O) groups excluding carboxylic acids is 1. The van der Waals surface area contributed by atoms with Gasteiger partial charge in [0.15, 0.2) is 11.6 Å². The van der Waals surface area contributed by atoms with Crippen molar-refractivity contribution in [2.45, 2.75) is 38.1 Å². The van der Waals surface area contributed by atoms with Crippen molar-refractivity contribution in [2.75, 3.05) is 61.9 Å². The Morgan fingerprint density at radius 3 is 2.57 bits per heavy atom. The number of imidazole rings is 1. The standard InChI is InChI=1S/C27H34N8O2/c1-37-21-6-4-19(5-7-21)22-17-35(15-14-33-10-2-3-11-33)26(31-22)20-8-12-34(13-9-20)27-24-25(29-18-30-27)28-16-23(36)32-24/h4-7,17-18,20H,2-3,8-16H2,1H3,(H,32,36)(H,28,29,30). The maximum absolute atomic E-state index is 12.0. The third-order valence-corrected chi connectivity index (χ3v) is 7.72. The number of amides is 1. The van der Waals surface area contributed by atoms with Crippen LogP contribution in [0.4, 0.5) is 17.3 Å². The molecule has 0 unspecified atom stereocenters. The maximum atomic E-state index is 12.0. The SMILES string of the molecule is COc1ccc(-c2cn(CCN3CCCC3)c(C3CCN(c4ncnc5c4NC(=O)CN5)CC3)n2)cc1. The van der Waals surface area contributed by atoms with Gasteiger partial charge in [-0.15, -0.1) is 0 Å². The fraction of sp³-hybridized carbons (Fsp3) is 0.481. The highest BCUT2D eigenvalue weighted by Crippen LogP contribution is 2.36. The third kappa shape index (κ3) is 4.98. The number of carbonyl (C=O) groups is 1. The number of rotatable bonds is 7. The van der Waals surface area contributed by atoms with E-state index in [0.29, 0.717) is 17.4 Å². The van der Waals surface area contributed by atoms with Gasteiger partial charge in [-0.05, 0) is 63.0 Å². The van der Waals surface area contributed by atoms with E-state index in [-0.39, 0.29) is 12.5 Å². The summed E-state index contributed by atoms with van der Waals surface area (Å²) in [5, 5.41) is 6.03. The Hall–Kier alpha value is -3.66. The molecule has 37 heavy (non-hydrogen) atoms. The van der Waals surface area contributed by atoms with Gasteiger partial charge in [-0.2, -0.15) is 0 Å². The lowest BCUT2D eigenvalue weighted by molar-refractivity contribution is -0.114. The van der Waals surface area contributed by atoms with E-state index in [9.17, 15) is 4.79 Å². The van der Waals surface area contributed by atoms with Gasteiger partial charge in [0, 0.05) is 43.9 Å². The summed E-state index contributed by atoms with van der Waals surface area (Å²) in [6.07, 6.45) is 8.34. The second-order valence-electron chi connectivity index (χ2n) is 10.0. The van der Waals surface area contributed by atoms with Gasteiger partial charge >= 0.3 is 0 Å². The number of hydrogen-bond donors (Lipinski definition) is 2. The molecule has 6 rings (SSSR count). The van der Waals surface area contributed by atoms with Gasteiger partial charge in [-0.1, -0.05) is 0 Å². The van der Waals surface area contributed by atoms with Crippen molar-refractivity contribution < 1.29 is 9.53 Å². The van der Waals surface area contributed by atoms with Crippen molar-refractivity contribution in [3.8, 4) is 17.0 Å². The fourth-order valence-corrected chi connectivity index (χ4v) is 5.65. The minimum absolute atomic E-state index is 0.0653. The largest absolute Gasteiger partial charge is 0.497 e. The molecule has 5 heterocycles. The first-order valence-corrected chi connectivity index (χ1v) is 13.3. The first-order chi connectivity index (χ1) is 18.2. The normalized spacial score (nSPS) is 18.4. The molecule has 0 bridgehead atoms. The topological polar surface area (TPSA) is 100 Å². The molecule has 3 aliphatic rings. The molecular weight excluding hydrogens is 468 g/mol. The Kier molecular flexibility index (Phi) is 6.65. The minimum Gasteiger partial charge on any atom is -0.497 e. The average Bonchev–Trinajstić information content (AvgIpc) is 3.62. The summed E-state index contributed by atoms with van der Waals surface area (Å²) >= 11 is 0. The Labute approximate surface area is 217 Å². The lowest BCUT2D eigenvalue weighted by Crippen LogP contribution is -2.37. The summed E-state index contributed by atoms with van der Waals surface area (Å²) in [4.78, 5) is 30.8. The molecule has 1 aromatic carbocycles. The first-order valence-electron chi connectivity index (χ1n) is 13.3. The number of aromatic nitrogens is 4. The molecule has 3 aromatic rings. The second-order valence-corrected chi connectivity index (χ2v) is 10.0. The summed E-state index contributed by atoms with van der Waals surface area (Å²) in [6.45, 7) is 6.34. The number of hydrogen-bond acceptors (Lipinski definition) is 8. The smallest absolute Gasteiger partial charge is 0.243 e. The molecule has 2 aromatic heterocycles. The quantitative estimate of drug-likeness (QED) is 0.508. The monoisotopic (exact) mass is 502 g/mol. The van der Waals surface area contributed by atoms with Crippen LogP contribution < -0.4 is 20.3 Å². The molecule has 0 atom stereocenters. The van der Waals surface area contributed by atoms with Gasteiger partial charge in [-0.25, -0.2) is 15.0 Å². The van der Waals surface area contributed by atoms with E-state index >= 15 is 0 Å². The molecule has 3 aliphatic heterocycles. The van der Waals surface area contributed by atoms with Gasteiger partial charge in [0.2, 0.25) is 5.91 Å². The van der Waals surface area contributed by atoms with Crippen LogP contribution in [0.1, 0.15) is 37.4 Å². The van der Waals surface area contributed by atoms with Gasteiger partial charge in [0.1, 0.15) is 23.6 Å². The van der Waals surface area contributed by atoms with Crippen LogP contribution in [0.3, 0.4) is 0 Å². The lowest BCUT2D eigenvalue weighted by Gasteiger charge is -2.34. The van der Waals surface area contributed by atoms with Crippen LogP contribution in [0.25, 0.3) is 11.3 Å². The summed E-state index contributed by atoms with van der Waals surface area (Å²) in [5.41, 5.74) is 2.81. The van der Waals surface area contributed by atoms with Crippen molar-refractivity contribution >= 4 is 23.2 Å². The molecule has 2 saturated heterocycles. The molecule has 194 valence electrons. The Bertz CT molecular complexity index is 1240. The number of methoxy groups -OCH3 is 1. The van der Waals surface area contributed by atoms with Crippen molar-refractivity contribution in [3.05, 3.63) is 42.6 Å². The average molecular weight is 503 g/mol. The van der Waals surface area contributed by atoms with Gasteiger partial charge in [-0.3, -0.25) is 4.79 Å². The third-order valence-electron chi connectivity index (χ3n) is 7.72. The number of likely N-dealkylation sites (tertiary alicyclic amines) is 1. The number of benzene rings is 1. The molecule has 0 aliphatic carbocycles. The maximum Gasteiger partial charge on any atom is 0.243 e. The van der Waals surface area contributed by atoms with Crippen molar-refractivity contribution in [1.82, 2.24) is 24.4 Å². The number of fused-ring (bicyclic) bond motifs is 1. The van der Waals surface area contributed by atoms with Crippen LogP contribution in [-0.4, -0.2) is 76.7 Å². The van der Waals surface area contributed by atoms with Crippen LogP contribution in [-0.2, 0) is 11.3 Å². The number of anilines is 3. The van der Waals surface area contributed by atoms with E-state index in [1.165, 1.54) is 31.8 Å². The molecule has 10 nitrogen and oxygen atoms in total. The summed E-state index contributed by atoms with van der Waals surface area (Å²) < 4.78 is 7.72. The highest BCUT2D eigenvalue weighted by atomic mass is 16.5. The predicted molar refractivity (Wildman–Crippen MR) is 143 cm³/mol. The van der Waals surface area contributed by atoms with Crippen LogP contribution >= 0.6 is 0 Å². The molecule has 2 fully saturated rings. The minimum atomic E-state index is -0.0653. The number of piperidine rings is 1. The van der Waals surface area contributed by atoms with E-state index in [4.69, 9.17) is 9.72 Å². The van der Waals surface area contributed by atoms with Crippen LogP contribution in [0.2, 0.25) is 0 Å². The zero-order chi connectivity index (χ0) is 25.2. The zero-order valence-electron chi connectivity index (χ0n) is 21.3. The highest BCUT2D eigenvalue weighted by Gasteiger charge is 2.29.